The minimum absolute atomic E-state index is 0.142. The van der Waals surface area contributed by atoms with E-state index in [4.69, 9.17) is 0 Å². The average molecular weight is 341 g/mol. The van der Waals surface area contributed by atoms with Crippen LogP contribution in [0.15, 0.2) is 36.8 Å². The molecule has 3 rings (SSSR count). The molecule has 1 aliphatic heterocycles. The van der Waals surface area contributed by atoms with Gasteiger partial charge in [-0.25, -0.2) is 4.98 Å². The molecule has 0 saturated carbocycles. The van der Waals surface area contributed by atoms with Crippen LogP contribution < -0.4 is 0 Å². The average Bonchev–Trinajstić information content (AvgIpc) is 2.90. The maximum atomic E-state index is 12.7. The Morgan fingerprint density at radius 3 is 2.76 bits per heavy atom. The number of aryl methyl sites for hydroxylation is 1. The molecule has 6 heteroatoms. The van der Waals surface area contributed by atoms with Crippen molar-refractivity contribution in [2.45, 2.75) is 39.3 Å². The first-order valence-corrected chi connectivity index (χ1v) is 9.03. The zero-order chi connectivity index (χ0) is 17.6. The zero-order valence-electron chi connectivity index (χ0n) is 15.1. The number of nitrogens with zero attached hydrogens (tertiary/aromatic N) is 5. The van der Waals surface area contributed by atoms with E-state index in [1.165, 1.54) is 0 Å². The SMILES string of the molecule is Cc1nccn1[C@H](C)CC(=O)N1CCCN(Cc2ccccn2)CC1. The molecule has 1 amide bonds. The Balaban J connectivity index is 1.52. The molecule has 6 nitrogen and oxygen atoms in total. The Labute approximate surface area is 149 Å². The van der Waals surface area contributed by atoms with Gasteiger partial charge in [0.1, 0.15) is 5.82 Å². The molecular formula is C19H27N5O. The second-order valence-electron chi connectivity index (χ2n) is 6.77. The molecule has 1 fully saturated rings. The largest absolute Gasteiger partial charge is 0.341 e. The predicted molar refractivity (Wildman–Crippen MR) is 97.0 cm³/mol. The third kappa shape index (κ3) is 4.66. The van der Waals surface area contributed by atoms with E-state index in [0.717, 1.165) is 50.7 Å². The highest BCUT2D eigenvalue weighted by Gasteiger charge is 2.21. The van der Waals surface area contributed by atoms with Crippen LogP contribution in [0, 0.1) is 6.92 Å². The number of hydrogen-bond donors (Lipinski definition) is 0. The number of rotatable bonds is 5. The zero-order valence-corrected chi connectivity index (χ0v) is 15.1. The van der Waals surface area contributed by atoms with Gasteiger partial charge in [0, 0.05) is 63.8 Å². The Bertz CT molecular complexity index is 684. The number of amides is 1. The van der Waals surface area contributed by atoms with Crippen LogP contribution in [-0.2, 0) is 11.3 Å². The van der Waals surface area contributed by atoms with Crippen molar-refractivity contribution in [3.8, 4) is 0 Å². The standard InChI is InChI=1S/C19H27N5O/c1-16(24-11-8-20-17(24)2)14-19(25)23-10-5-9-22(12-13-23)15-18-6-3-4-7-21-18/h3-4,6-8,11,16H,5,9-10,12-15H2,1-2H3/t16-/m1/s1. The van der Waals surface area contributed by atoms with Crippen LogP contribution in [0.2, 0.25) is 0 Å². The van der Waals surface area contributed by atoms with Crippen LogP contribution >= 0.6 is 0 Å². The Morgan fingerprint density at radius 1 is 1.16 bits per heavy atom. The highest BCUT2D eigenvalue weighted by Crippen LogP contribution is 2.16. The molecule has 0 unspecified atom stereocenters. The number of hydrogen-bond acceptors (Lipinski definition) is 4. The monoisotopic (exact) mass is 341 g/mol. The van der Waals surface area contributed by atoms with Crippen LogP contribution in [-0.4, -0.2) is 56.4 Å². The summed E-state index contributed by atoms with van der Waals surface area (Å²) in [5.41, 5.74) is 1.09. The van der Waals surface area contributed by atoms with E-state index in [0.29, 0.717) is 6.42 Å². The first kappa shape index (κ1) is 17.6. The summed E-state index contributed by atoms with van der Waals surface area (Å²) in [6.07, 6.45) is 7.11. The fraction of sp³-hybridized carbons (Fsp3) is 0.526. The molecule has 0 aromatic carbocycles. The summed E-state index contributed by atoms with van der Waals surface area (Å²) in [5, 5.41) is 0. The van der Waals surface area contributed by atoms with E-state index < -0.39 is 0 Å². The minimum atomic E-state index is 0.142. The van der Waals surface area contributed by atoms with Gasteiger partial charge in [0.15, 0.2) is 0 Å². The number of pyridine rings is 1. The van der Waals surface area contributed by atoms with Crippen molar-refractivity contribution < 1.29 is 4.79 Å². The van der Waals surface area contributed by atoms with Crippen molar-refractivity contribution in [2.24, 2.45) is 0 Å². The molecule has 2 aromatic heterocycles. The summed E-state index contributed by atoms with van der Waals surface area (Å²) < 4.78 is 2.07. The molecule has 1 atom stereocenters. The molecule has 0 spiro atoms. The lowest BCUT2D eigenvalue weighted by Crippen LogP contribution is -2.36. The quantitative estimate of drug-likeness (QED) is 0.837. The molecular weight excluding hydrogens is 314 g/mol. The van der Waals surface area contributed by atoms with Gasteiger partial charge in [-0.3, -0.25) is 14.7 Å². The second kappa shape index (κ2) is 8.25. The lowest BCUT2D eigenvalue weighted by molar-refractivity contribution is -0.131. The van der Waals surface area contributed by atoms with Gasteiger partial charge < -0.3 is 9.47 Å². The predicted octanol–water partition coefficient (Wildman–Crippen LogP) is 2.27. The Morgan fingerprint density at radius 2 is 2.04 bits per heavy atom. The molecule has 134 valence electrons. The minimum Gasteiger partial charge on any atom is -0.341 e. The van der Waals surface area contributed by atoms with E-state index in [1.807, 2.05) is 36.4 Å². The summed E-state index contributed by atoms with van der Waals surface area (Å²) in [6.45, 7) is 8.46. The van der Waals surface area contributed by atoms with Crippen molar-refractivity contribution in [2.75, 3.05) is 26.2 Å². The fourth-order valence-electron chi connectivity index (χ4n) is 3.43. The maximum absolute atomic E-state index is 12.7. The molecule has 0 radical (unpaired) electrons. The van der Waals surface area contributed by atoms with Crippen molar-refractivity contribution in [1.82, 2.24) is 24.3 Å². The number of imidazole rings is 1. The summed E-state index contributed by atoms with van der Waals surface area (Å²) in [6, 6.07) is 6.16. The van der Waals surface area contributed by atoms with E-state index in [1.54, 1.807) is 6.20 Å². The normalized spacial score (nSPS) is 17.3. The van der Waals surface area contributed by atoms with Crippen molar-refractivity contribution >= 4 is 5.91 Å². The van der Waals surface area contributed by atoms with Crippen molar-refractivity contribution in [3.63, 3.8) is 0 Å². The highest BCUT2D eigenvalue weighted by molar-refractivity contribution is 5.76. The van der Waals surface area contributed by atoms with E-state index in [9.17, 15) is 4.79 Å². The number of aromatic nitrogens is 3. The third-order valence-electron chi connectivity index (χ3n) is 4.86. The lowest BCUT2D eigenvalue weighted by Gasteiger charge is -2.24. The van der Waals surface area contributed by atoms with E-state index in [2.05, 4.69) is 32.4 Å². The third-order valence-corrected chi connectivity index (χ3v) is 4.86. The van der Waals surface area contributed by atoms with Crippen LogP contribution in [0.4, 0.5) is 0 Å². The van der Waals surface area contributed by atoms with Gasteiger partial charge in [0.2, 0.25) is 5.91 Å². The summed E-state index contributed by atoms with van der Waals surface area (Å²) in [4.78, 5) is 25.7. The fourth-order valence-corrected chi connectivity index (χ4v) is 3.43. The van der Waals surface area contributed by atoms with Gasteiger partial charge in [-0.05, 0) is 32.4 Å². The first-order chi connectivity index (χ1) is 12.1. The second-order valence-corrected chi connectivity index (χ2v) is 6.77. The smallest absolute Gasteiger partial charge is 0.224 e. The number of carbonyl (C=O) groups is 1. The molecule has 3 heterocycles. The first-order valence-electron chi connectivity index (χ1n) is 9.03. The van der Waals surface area contributed by atoms with Gasteiger partial charge in [-0.1, -0.05) is 6.07 Å². The topological polar surface area (TPSA) is 54.3 Å². The molecule has 25 heavy (non-hydrogen) atoms. The molecule has 1 saturated heterocycles. The maximum Gasteiger partial charge on any atom is 0.224 e. The number of carbonyl (C=O) groups excluding carboxylic acids is 1. The molecule has 1 aliphatic rings. The molecule has 0 N–H and O–H groups in total. The van der Waals surface area contributed by atoms with Gasteiger partial charge in [0.25, 0.3) is 0 Å². The van der Waals surface area contributed by atoms with Crippen LogP contribution in [0.5, 0.6) is 0 Å². The van der Waals surface area contributed by atoms with Crippen molar-refractivity contribution in [3.05, 3.63) is 48.3 Å². The van der Waals surface area contributed by atoms with E-state index >= 15 is 0 Å². The molecule has 0 aliphatic carbocycles. The van der Waals surface area contributed by atoms with Crippen molar-refractivity contribution in [1.29, 1.82) is 0 Å². The summed E-state index contributed by atoms with van der Waals surface area (Å²) in [7, 11) is 0. The Hall–Kier alpha value is -2.21. The van der Waals surface area contributed by atoms with Gasteiger partial charge in [0.05, 0.1) is 5.69 Å². The molecule has 0 bridgehead atoms. The lowest BCUT2D eigenvalue weighted by atomic mass is 10.2. The van der Waals surface area contributed by atoms with Crippen LogP contribution in [0.3, 0.4) is 0 Å². The van der Waals surface area contributed by atoms with Gasteiger partial charge in [-0.2, -0.15) is 0 Å². The van der Waals surface area contributed by atoms with Crippen LogP contribution in [0.25, 0.3) is 0 Å². The van der Waals surface area contributed by atoms with E-state index in [-0.39, 0.29) is 11.9 Å². The molecule has 2 aromatic rings. The summed E-state index contributed by atoms with van der Waals surface area (Å²) >= 11 is 0. The van der Waals surface area contributed by atoms with Gasteiger partial charge >= 0.3 is 0 Å². The Kier molecular flexibility index (Phi) is 5.81. The van der Waals surface area contributed by atoms with Gasteiger partial charge in [-0.15, -0.1) is 0 Å². The summed E-state index contributed by atoms with van der Waals surface area (Å²) in [5.74, 6) is 1.19. The highest BCUT2D eigenvalue weighted by atomic mass is 16.2. The van der Waals surface area contributed by atoms with Crippen LogP contribution in [0.1, 0.15) is 37.3 Å².